The van der Waals surface area contributed by atoms with Crippen molar-refractivity contribution >= 4 is 23.1 Å². The van der Waals surface area contributed by atoms with Crippen molar-refractivity contribution < 1.29 is 4.79 Å². The lowest BCUT2D eigenvalue weighted by Gasteiger charge is -2.11. The van der Waals surface area contributed by atoms with Gasteiger partial charge in [-0.25, -0.2) is 4.98 Å². The van der Waals surface area contributed by atoms with E-state index >= 15 is 0 Å². The van der Waals surface area contributed by atoms with Gasteiger partial charge in [-0.05, 0) is 55.3 Å². The summed E-state index contributed by atoms with van der Waals surface area (Å²) in [6, 6.07) is 19.1. The number of para-hydroxylation sites is 1. The second kappa shape index (κ2) is 7.49. The molecule has 1 heterocycles. The van der Waals surface area contributed by atoms with Gasteiger partial charge < -0.3 is 5.32 Å². The number of anilines is 3. The first-order valence-electron chi connectivity index (χ1n) is 8.04. The van der Waals surface area contributed by atoms with Gasteiger partial charge in [-0.2, -0.15) is 0 Å². The van der Waals surface area contributed by atoms with E-state index in [2.05, 4.69) is 21.2 Å². The second-order valence-electron chi connectivity index (χ2n) is 5.75. The molecule has 0 aliphatic rings. The molecule has 0 atom stereocenters. The zero-order chi connectivity index (χ0) is 17.6. The molecule has 1 aromatic heterocycles. The number of hydrogen-bond acceptors (Lipinski definition) is 4. The summed E-state index contributed by atoms with van der Waals surface area (Å²) < 4.78 is 0. The van der Waals surface area contributed by atoms with E-state index in [-0.39, 0.29) is 5.91 Å². The smallest absolute Gasteiger partial charge is 0.257 e. The number of hydrogen-bond donors (Lipinski definition) is 3. The van der Waals surface area contributed by atoms with Crippen molar-refractivity contribution in [1.29, 1.82) is 0 Å². The van der Waals surface area contributed by atoms with Gasteiger partial charge >= 0.3 is 0 Å². The summed E-state index contributed by atoms with van der Waals surface area (Å²) in [5.41, 5.74) is 10.5. The van der Waals surface area contributed by atoms with E-state index in [4.69, 9.17) is 0 Å². The largest absolute Gasteiger partial charge is 0.322 e. The lowest BCUT2D eigenvalue weighted by molar-refractivity contribution is 0.102. The Morgan fingerprint density at radius 3 is 2.40 bits per heavy atom. The standard InChI is InChI=1S/C20H20N4O/c1-14-7-6-10-18(15(14)2)22-20(25)16-11-12-19(21-13-16)24-23-17-8-4-3-5-9-17/h3-13,23H,1-2H3,(H,21,24)(H,22,25). The third kappa shape index (κ3) is 4.14. The van der Waals surface area contributed by atoms with Crippen LogP contribution in [-0.2, 0) is 0 Å². The molecule has 5 nitrogen and oxygen atoms in total. The highest BCUT2D eigenvalue weighted by atomic mass is 16.1. The van der Waals surface area contributed by atoms with Crippen molar-refractivity contribution in [2.24, 2.45) is 0 Å². The van der Waals surface area contributed by atoms with Crippen molar-refractivity contribution in [3.8, 4) is 0 Å². The van der Waals surface area contributed by atoms with Crippen LogP contribution in [-0.4, -0.2) is 10.9 Å². The average Bonchev–Trinajstić information content (AvgIpc) is 2.65. The van der Waals surface area contributed by atoms with Gasteiger partial charge in [-0.3, -0.25) is 15.6 Å². The van der Waals surface area contributed by atoms with E-state index in [1.807, 2.05) is 62.4 Å². The number of amides is 1. The van der Waals surface area contributed by atoms with Crippen LogP contribution >= 0.6 is 0 Å². The molecular formula is C20H20N4O. The summed E-state index contributed by atoms with van der Waals surface area (Å²) in [4.78, 5) is 16.6. The predicted molar refractivity (Wildman–Crippen MR) is 102 cm³/mol. The maximum absolute atomic E-state index is 12.4. The van der Waals surface area contributed by atoms with Crippen LogP contribution in [0.4, 0.5) is 17.2 Å². The SMILES string of the molecule is Cc1cccc(NC(=O)c2ccc(NNc3ccccc3)nc2)c1C. The number of aromatic nitrogens is 1. The molecule has 0 bridgehead atoms. The Hall–Kier alpha value is -3.34. The average molecular weight is 332 g/mol. The molecular weight excluding hydrogens is 312 g/mol. The summed E-state index contributed by atoms with van der Waals surface area (Å²) in [7, 11) is 0. The predicted octanol–water partition coefficient (Wildman–Crippen LogP) is 4.39. The lowest BCUT2D eigenvalue weighted by Crippen LogP contribution is -2.14. The van der Waals surface area contributed by atoms with E-state index in [1.165, 1.54) is 0 Å². The zero-order valence-electron chi connectivity index (χ0n) is 14.2. The molecule has 3 aromatic rings. The molecule has 0 aliphatic heterocycles. The van der Waals surface area contributed by atoms with E-state index in [1.54, 1.807) is 18.3 Å². The fraction of sp³-hybridized carbons (Fsp3) is 0.100. The minimum Gasteiger partial charge on any atom is -0.322 e. The number of carbonyl (C=O) groups is 1. The van der Waals surface area contributed by atoms with Crippen LogP contribution in [0.1, 0.15) is 21.5 Å². The zero-order valence-corrected chi connectivity index (χ0v) is 14.2. The number of carbonyl (C=O) groups excluding carboxylic acids is 1. The molecule has 0 spiro atoms. The molecule has 0 radical (unpaired) electrons. The molecule has 0 unspecified atom stereocenters. The first-order chi connectivity index (χ1) is 12.1. The number of rotatable bonds is 5. The molecule has 3 N–H and O–H groups in total. The van der Waals surface area contributed by atoms with Crippen LogP contribution in [0.5, 0.6) is 0 Å². The molecule has 126 valence electrons. The molecule has 5 heteroatoms. The van der Waals surface area contributed by atoms with Crippen LogP contribution in [0.25, 0.3) is 0 Å². The summed E-state index contributed by atoms with van der Waals surface area (Å²) in [6.07, 6.45) is 1.55. The molecule has 1 amide bonds. The quantitative estimate of drug-likeness (QED) is 0.606. The highest BCUT2D eigenvalue weighted by Crippen LogP contribution is 2.19. The van der Waals surface area contributed by atoms with Gasteiger partial charge in [0.1, 0.15) is 5.82 Å². The number of pyridine rings is 1. The third-order valence-electron chi connectivity index (χ3n) is 3.99. The second-order valence-corrected chi connectivity index (χ2v) is 5.75. The van der Waals surface area contributed by atoms with Gasteiger partial charge in [0.15, 0.2) is 0 Å². The van der Waals surface area contributed by atoms with Crippen molar-refractivity contribution in [3.63, 3.8) is 0 Å². The van der Waals surface area contributed by atoms with Gasteiger partial charge in [0.25, 0.3) is 5.91 Å². The molecule has 0 saturated heterocycles. The number of benzene rings is 2. The van der Waals surface area contributed by atoms with Gasteiger partial charge in [0.05, 0.1) is 11.3 Å². The van der Waals surface area contributed by atoms with Crippen molar-refractivity contribution in [1.82, 2.24) is 4.98 Å². The van der Waals surface area contributed by atoms with Gasteiger partial charge in [0.2, 0.25) is 0 Å². The fourth-order valence-corrected chi connectivity index (χ4v) is 2.34. The Labute approximate surface area is 147 Å². The Bertz CT molecular complexity index is 861. The Balaban J connectivity index is 1.63. The first-order valence-corrected chi connectivity index (χ1v) is 8.04. The number of hydrazine groups is 1. The van der Waals surface area contributed by atoms with Crippen molar-refractivity contribution in [2.75, 3.05) is 16.2 Å². The molecule has 2 aromatic carbocycles. The summed E-state index contributed by atoms with van der Waals surface area (Å²) >= 11 is 0. The highest BCUT2D eigenvalue weighted by Gasteiger charge is 2.09. The summed E-state index contributed by atoms with van der Waals surface area (Å²) in [5, 5.41) is 2.93. The first kappa shape index (κ1) is 16.5. The van der Waals surface area contributed by atoms with E-state index in [9.17, 15) is 4.79 Å². The van der Waals surface area contributed by atoms with Crippen molar-refractivity contribution in [2.45, 2.75) is 13.8 Å². The Kier molecular flexibility index (Phi) is 4.95. The van der Waals surface area contributed by atoms with E-state index in [0.29, 0.717) is 11.4 Å². The van der Waals surface area contributed by atoms with Crippen LogP contribution < -0.4 is 16.2 Å². The molecule has 0 saturated carbocycles. The van der Waals surface area contributed by atoms with Gasteiger partial charge in [0, 0.05) is 11.9 Å². The normalized spacial score (nSPS) is 10.2. The minimum absolute atomic E-state index is 0.177. The van der Waals surface area contributed by atoms with Crippen molar-refractivity contribution in [3.05, 3.63) is 83.6 Å². The van der Waals surface area contributed by atoms with Crippen LogP contribution in [0.15, 0.2) is 66.9 Å². The monoisotopic (exact) mass is 332 g/mol. The maximum atomic E-state index is 12.4. The Morgan fingerprint density at radius 1 is 0.880 bits per heavy atom. The van der Waals surface area contributed by atoms with E-state index in [0.717, 1.165) is 22.5 Å². The van der Waals surface area contributed by atoms with Crippen LogP contribution in [0.2, 0.25) is 0 Å². The number of nitrogens with one attached hydrogen (secondary N) is 3. The summed E-state index contributed by atoms with van der Waals surface area (Å²) in [5.74, 6) is 0.455. The maximum Gasteiger partial charge on any atom is 0.257 e. The Morgan fingerprint density at radius 2 is 1.68 bits per heavy atom. The van der Waals surface area contributed by atoms with Gasteiger partial charge in [-0.15, -0.1) is 0 Å². The molecule has 25 heavy (non-hydrogen) atoms. The fourth-order valence-electron chi connectivity index (χ4n) is 2.34. The molecule has 0 fully saturated rings. The van der Waals surface area contributed by atoms with Crippen LogP contribution in [0, 0.1) is 13.8 Å². The number of aryl methyl sites for hydroxylation is 1. The van der Waals surface area contributed by atoms with Gasteiger partial charge in [-0.1, -0.05) is 30.3 Å². The summed E-state index contributed by atoms with van der Waals surface area (Å²) in [6.45, 7) is 4.01. The number of nitrogens with zero attached hydrogens (tertiary/aromatic N) is 1. The lowest BCUT2D eigenvalue weighted by atomic mass is 10.1. The van der Waals surface area contributed by atoms with E-state index < -0.39 is 0 Å². The minimum atomic E-state index is -0.177. The van der Waals surface area contributed by atoms with Crippen LogP contribution in [0.3, 0.4) is 0 Å². The molecule has 0 aliphatic carbocycles. The topological polar surface area (TPSA) is 66.1 Å². The molecule has 3 rings (SSSR count). The highest BCUT2D eigenvalue weighted by molar-refractivity contribution is 6.04. The third-order valence-corrected chi connectivity index (χ3v) is 3.99.